The fourth-order valence-corrected chi connectivity index (χ4v) is 2.37. The number of nitrogens with zero attached hydrogens (tertiary/aromatic N) is 2. The van der Waals surface area contributed by atoms with Crippen molar-refractivity contribution in [3.8, 4) is 0 Å². The number of nitrogens with one attached hydrogen (secondary N) is 1. The fourth-order valence-electron chi connectivity index (χ4n) is 2.10. The number of unbranched alkanes of at least 4 members (excludes halogenated alkanes) is 2. The second-order valence-electron chi connectivity index (χ2n) is 4.75. The van der Waals surface area contributed by atoms with Crippen molar-refractivity contribution < 1.29 is 0 Å². The van der Waals surface area contributed by atoms with Gasteiger partial charge < -0.3 is 5.32 Å². The standard InChI is InChI=1S/C13H24ClN3/c1-5-6-7-8-12(15-4)13-11(14)9-16-17(13)10(2)3/h9-10,12,15H,5-8H2,1-4H3. The molecule has 0 amide bonds. The average molecular weight is 258 g/mol. The van der Waals surface area contributed by atoms with Crippen molar-refractivity contribution in [2.24, 2.45) is 0 Å². The second-order valence-corrected chi connectivity index (χ2v) is 5.16. The Labute approximate surface area is 110 Å². The fraction of sp³-hybridized carbons (Fsp3) is 0.769. The summed E-state index contributed by atoms with van der Waals surface area (Å²) < 4.78 is 2.02. The molecule has 1 rings (SSSR count). The Hall–Kier alpha value is -0.540. The third kappa shape index (κ3) is 3.71. The van der Waals surface area contributed by atoms with Crippen LogP contribution in [-0.4, -0.2) is 16.8 Å². The van der Waals surface area contributed by atoms with Crippen LogP contribution < -0.4 is 5.32 Å². The van der Waals surface area contributed by atoms with Crippen LogP contribution in [0.3, 0.4) is 0 Å². The first-order chi connectivity index (χ1) is 8.11. The zero-order valence-corrected chi connectivity index (χ0v) is 12.1. The molecule has 1 N–H and O–H groups in total. The molecule has 0 aromatic carbocycles. The Bertz CT molecular complexity index is 333. The van der Waals surface area contributed by atoms with Crippen molar-refractivity contribution in [3.63, 3.8) is 0 Å². The Balaban J connectivity index is 2.82. The quantitative estimate of drug-likeness (QED) is 0.750. The van der Waals surface area contributed by atoms with Crippen LogP contribution in [0.4, 0.5) is 0 Å². The van der Waals surface area contributed by atoms with E-state index in [4.69, 9.17) is 11.6 Å². The van der Waals surface area contributed by atoms with Gasteiger partial charge in [-0.3, -0.25) is 4.68 Å². The van der Waals surface area contributed by atoms with Crippen LogP contribution in [0.2, 0.25) is 5.02 Å². The molecule has 1 aromatic rings. The van der Waals surface area contributed by atoms with Gasteiger partial charge in [0, 0.05) is 6.04 Å². The van der Waals surface area contributed by atoms with Gasteiger partial charge >= 0.3 is 0 Å². The number of halogens is 1. The molecule has 1 aromatic heterocycles. The van der Waals surface area contributed by atoms with Crippen LogP contribution >= 0.6 is 11.6 Å². The predicted molar refractivity (Wildman–Crippen MR) is 73.6 cm³/mol. The largest absolute Gasteiger partial charge is 0.312 e. The van der Waals surface area contributed by atoms with Crippen molar-refractivity contribution in [1.29, 1.82) is 0 Å². The maximum Gasteiger partial charge on any atom is 0.0834 e. The third-order valence-corrected chi connectivity index (χ3v) is 3.34. The van der Waals surface area contributed by atoms with Gasteiger partial charge in [-0.15, -0.1) is 0 Å². The van der Waals surface area contributed by atoms with E-state index in [9.17, 15) is 0 Å². The van der Waals surface area contributed by atoms with E-state index in [0.717, 1.165) is 17.1 Å². The van der Waals surface area contributed by atoms with Gasteiger partial charge in [0.15, 0.2) is 0 Å². The Morgan fingerprint density at radius 2 is 2.12 bits per heavy atom. The molecule has 0 spiro atoms. The molecule has 0 aliphatic rings. The molecule has 0 aliphatic heterocycles. The molecule has 0 saturated heterocycles. The van der Waals surface area contributed by atoms with Gasteiger partial charge in [-0.1, -0.05) is 37.8 Å². The maximum absolute atomic E-state index is 6.25. The van der Waals surface area contributed by atoms with Crippen molar-refractivity contribution in [3.05, 3.63) is 16.9 Å². The summed E-state index contributed by atoms with van der Waals surface area (Å²) in [6.07, 6.45) is 6.60. The molecule has 4 heteroatoms. The summed E-state index contributed by atoms with van der Waals surface area (Å²) in [5, 5.41) is 8.48. The summed E-state index contributed by atoms with van der Waals surface area (Å²) in [6, 6.07) is 0.651. The normalized spacial score (nSPS) is 13.3. The number of hydrogen-bond acceptors (Lipinski definition) is 2. The monoisotopic (exact) mass is 257 g/mol. The van der Waals surface area contributed by atoms with Gasteiger partial charge in [0.05, 0.1) is 23.0 Å². The minimum atomic E-state index is 0.305. The van der Waals surface area contributed by atoms with E-state index < -0.39 is 0 Å². The first kappa shape index (κ1) is 14.5. The third-order valence-electron chi connectivity index (χ3n) is 3.05. The molecule has 1 heterocycles. The molecule has 1 atom stereocenters. The summed E-state index contributed by atoms with van der Waals surface area (Å²) in [5.41, 5.74) is 1.13. The van der Waals surface area contributed by atoms with Crippen LogP contribution in [0, 0.1) is 0 Å². The molecule has 1 unspecified atom stereocenters. The van der Waals surface area contributed by atoms with Crippen LogP contribution in [-0.2, 0) is 0 Å². The minimum Gasteiger partial charge on any atom is -0.312 e. The Kier molecular flexibility index (Phi) is 6.00. The van der Waals surface area contributed by atoms with E-state index in [-0.39, 0.29) is 0 Å². The van der Waals surface area contributed by atoms with Gasteiger partial charge in [-0.25, -0.2) is 0 Å². The lowest BCUT2D eigenvalue weighted by molar-refractivity contribution is 0.435. The van der Waals surface area contributed by atoms with E-state index in [1.165, 1.54) is 19.3 Å². The highest BCUT2D eigenvalue weighted by molar-refractivity contribution is 6.31. The lowest BCUT2D eigenvalue weighted by atomic mass is 10.1. The van der Waals surface area contributed by atoms with Crippen LogP contribution in [0.5, 0.6) is 0 Å². The van der Waals surface area contributed by atoms with Crippen LogP contribution in [0.15, 0.2) is 6.20 Å². The summed E-state index contributed by atoms with van der Waals surface area (Å²) in [5.74, 6) is 0. The van der Waals surface area contributed by atoms with E-state index >= 15 is 0 Å². The smallest absolute Gasteiger partial charge is 0.0834 e. The minimum absolute atomic E-state index is 0.305. The van der Waals surface area contributed by atoms with Crippen LogP contribution in [0.25, 0.3) is 0 Å². The average Bonchev–Trinajstić information content (AvgIpc) is 2.67. The Morgan fingerprint density at radius 3 is 2.65 bits per heavy atom. The van der Waals surface area contributed by atoms with E-state index in [0.29, 0.717) is 12.1 Å². The summed E-state index contributed by atoms with van der Waals surface area (Å²) >= 11 is 6.25. The van der Waals surface area contributed by atoms with E-state index in [2.05, 4.69) is 31.2 Å². The van der Waals surface area contributed by atoms with Crippen molar-refractivity contribution >= 4 is 11.6 Å². The molecule has 0 bridgehead atoms. The Morgan fingerprint density at radius 1 is 1.41 bits per heavy atom. The first-order valence-electron chi connectivity index (χ1n) is 6.52. The van der Waals surface area contributed by atoms with Crippen LogP contribution in [0.1, 0.15) is 64.2 Å². The summed E-state index contributed by atoms with van der Waals surface area (Å²) in [6.45, 7) is 6.48. The topological polar surface area (TPSA) is 29.9 Å². The molecule has 98 valence electrons. The highest BCUT2D eigenvalue weighted by atomic mass is 35.5. The van der Waals surface area contributed by atoms with Gasteiger partial charge in [-0.05, 0) is 27.3 Å². The van der Waals surface area contributed by atoms with Gasteiger partial charge in [0.25, 0.3) is 0 Å². The molecule has 0 radical (unpaired) electrons. The maximum atomic E-state index is 6.25. The highest BCUT2D eigenvalue weighted by Gasteiger charge is 2.19. The molecule has 0 aliphatic carbocycles. The lowest BCUT2D eigenvalue weighted by Gasteiger charge is -2.20. The summed E-state index contributed by atoms with van der Waals surface area (Å²) in [7, 11) is 1.99. The zero-order chi connectivity index (χ0) is 12.8. The number of rotatable bonds is 7. The number of aromatic nitrogens is 2. The molecular formula is C13H24ClN3. The van der Waals surface area contributed by atoms with Gasteiger partial charge in [0.1, 0.15) is 0 Å². The van der Waals surface area contributed by atoms with Gasteiger partial charge in [-0.2, -0.15) is 5.10 Å². The molecule has 0 saturated carbocycles. The lowest BCUT2D eigenvalue weighted by Crippen LogP contribution is -2.21. The molecule has 0 fully saturated rings. The highest BCUT2D eigenvalue weighted by Crippen LogP contribution is 2.28. The number of hydrogen-bond donors (Lipinski definition) is 1. The van der Waals surface area contributed by atoms with Crippen molar-refractivity contribution in [2.75, 3.05) is 7.05 Å². The van der Waals surface area contributed by atoms with E-state index in [1.807, 2.05) is 11.7 Å². The SMILES string of the molecule is CCCCCC(NC)c1c(Cl)cnn1C(C)C. The molecule has 17 heavy (non-hydrogen) atoms. The van der Waals surface area contributed by atoms with Crippen molar-refractivity contribution in [1.82, 2.24) is 15.1 Å². The molecule has 3 nitrogen and oxygen atoms in total. The van der Waals surface area contributed by atoms with Gasteiger partial charge in [0.2, 0.25) is 0 Å². The first-order valence-corrected chi connectivity index (χ1v) is 6.89. The second kappa shape index (κ2) is 7.02. The van der Waals surface area contributed by atoms with E-state index in [1.54, 1.807) is 6.20 Å². The molecular weight excluding hydrogens is 234 g/mol. The zero-order valence-electron chi connectivity index (χ0n) is 11.3. The predicted octanol–water partition coefficient (Wildman–Crippen LogP) is 3.96. The summed E-state index contributed by atoms with van der Waals surface area (Å²) in [4.78, 5) is 0. The van der Waals surface area contributed by atoms with Crippen molar-refractivity contribution in [2.45, 2.75) is 58.5 Å².